The minimum atomic E-state index is -0.0327. The van der Waals surface area contributed by atoms with Crippen LogP contribution in [0.5, 0.6) is 0 Å². The number of ether oxygens (including phenoxy) is 1. The van der Waals surface area contributed by atoms with E-state index >= 15 is 0 Å². The Morgan fingerprint density at radius 1 is 0.950 bits per heavy atom. The summed E-state index contributed by atoms with van der Waals surface area (Å²) in [4.78, 5) is 0. The summed E-state index contributed by atoms with van der Waals surface area (Å²) in [5.74, 6) is 0. The van der Waals surface area contributed by atoms with Crippen LogP contribution in [0.1, 0.15) is 91.9 Å². The Kier molecular flexibility index (Phi) is 7.53. The maximum atomic E-state index is 6.55. The first-order chi connectivity index (χ1) is 9.46. The third-order valence-corrected chi connectivity index (χ3v) is 5.18. The van der Waals surface area contributed by atoms with Gasteiger partial charge in [-0.2, -0.15) is 0 Å². The van der Waals surface area contributed by atoms with Gasteiger partial charge in [0.1, 0.15) is 0 Å². The Hall–Kier alpha value is -0.0800. The molecule has 0 spiro atoms. The molecular weight excluding hydrogens is 246 g/mol. The van der Waals surface area contributed by atoms with E-state index in [0.29, 0.717) is 5.41 Å². The summed E-state index contributed by atoms with van der Waals surface area (Å²) >= 11 is 0. The summed E-state index contributed by atoms with van der Waals surface area (Å²) in [6.45, 7) is 9.91. The summed E-state index contributed by atoms with van der Waals surface area (Å²) in [6.07, 6.45) is 12.5. The van der Waals surface area contributed by atoms with Gasteiger partial charge in [-0.1, -0.05) is 52.9 Å². The van der Waals surface area contributed by atoms with Crippen molar-refractivity contribution >= 4 is 0 Å². The van der Waals surface area contributed by atoms with Gasteiger partial charge in [0.2, 0.25) is 0 Å². The average Bonchev–Trinajstić information content (AvgIpc) is 2.41. The summed E-state index contributed by atoms with van der Waals surface area (Å²) in [7, 11) is 0. The van der Waals surface area contributed by atoms with E-state index in [1.807, 2.05) is 0 Å². The number of hydrogen-bond acceptors (Lipinski definition) is 2. The molecule has 2 heteroatoms. The first kappa shape index (κ1) is 18.0. The summed E-state index contributed by atoms with van der Waals surface area (Å²) < 4.78 is 6.18. The largest absolute Gasteiger partial charge is 0.374 e. The van der Waals surface area contributed by atoms with E-state index in [2.05, 4.69) is 27.7 Å². The first-order valence-corrected chi connectivity index (χ1v) is 8.85. The van der Waals surface area contributed by atoms with Gasteiger partial charge in [0.05, 0.1) is 5.60 Å². The van der Waals surface area contributed by atoms with Crippen LogP contribution in [0.2, 0.25) is 0 Å². The lowest BCUT2D eigenvalue weighted by molar-refractivity contribution is -0.100. The Morgan fingerprint density at radius 3 is 2.10 bits per heavy atom. The van der Waals surface area contributed by atoms with Crippen molar-refractivity contribution < 1.29 is 4.74 Å². The smallest absolute Gasteiger partial charge is 0.0832 e. The zero-order chi connectivity index (χ0) is 15.1. The molecule has 0 aromatic heterocycles. The Labute approximate surface area is 126 Å². The van der Waals surface area contributed by atoms with E-state index < -0.39 is 0 Å². The van der Waals surface area contributed by atoms with E-state index in [0.717, 1.165) is 25.9 Å². The van der Waals surface area contributed by atoms with Gasteiger partial charge >= 0.3 is 0 Å². The third kappa shape index (κ3) is 5.37. The van der Waals surface area contributed by atoms with Crippen molar-refractivity contribution in [1.82, 2.24) is 0 Å². The molecule has 1 unspecified atom stereocenters. The van der Waals surface area contributed by atoms with Crippen LogP contribution in [-0.2, 0) is 4.74 Å². The normalized spacial score (nSPS) is 22.6. The molecule has 0 saturated heterocycles. The molecule has 20 heavy (non-hydrogen) atoms. The second-order valence-corrected chi connectivity index (χ2v) is 7.47. The van der Waals surface area contributed by atoms with Gasteiger partial charge in [0, 0.05) is 12.6 Å². The number of rotatable bonds is 9. The molecule has 1 atom stereocenters. The van der Waals surface area contributed by atoms with Crippen molar-refractivity contribution in [3.8, 4) is 0 Å². The lowest BCUT2D eigenvalue weighted by Gasteiger charge is -2.46. The monoisotopic (exact) mass is 283 g/mol. The minimum Gasteiger partial charge on any atom is -0.374 e. The molecule has 0 heterocycles. The van der Waals surface area contributed by atoms with Crippen LogP contribution in [0.15, 0.2) is 0 Å². The summed E-state index contributed by atoms with van der Waals surface area (Å²) in [5.41, 5.74) is 6.99. The molecule has 1 rings (SSSR count). The van der Waals surface area contributed by atoms with Crippen molar-refractivity contribution in [1.29, 1.82) is 0 Å². The van der Waals surface area contributed by atoms with E-state index in [4.69, 9.17) is 10.5 Å². The van der Waals surface area contributed by atoms with E-state index in [-0.39, 0.29) is 11.6 Å². The fourth-order valence-electron chi connectivity index (χ4n) is 3.49. The molecule has 1 saturated carbocycles. The molecule has 0 amide bonds. The van der Waals surface area contributed by atoms with E-state index in [1.54, 1.807) is 0 Å². The molecule has 0 aromatic rings. The highest BCUT2D eigenvalue weighted by Gasteiger charge is 2.42. The van der Waals surface area contributed by atoms with Gasteiger partial charge in [0.15, 0.2) is 0 Å². The van der Waals surface area contributed by atoms with E-state index in [1.165, 1.54) is 44.9 Å². The number of unbranched alkanes of at least 4 members (excludes halogenated alkanes) is 4. The topological polar surface area (TPSA) is 35.2 Å². The molecule has 2 nitrogen and oxygen atoms in total. The second kappa shape index (κ2) is 8.38. The average molecular weight is 284 g/mol. The van der Waals surface area contributed by atoms with Crippen molar-refractivity contribution in [2.24, 2.45) is 11.1 Å². The molecule has 1 aliphatic carbocycles. The van der Waals surface area contributed by atoms with Crippen LogP contribution in [0.3, 0.4) is 0 Å². The standard InChI is InChI=1S/C18H37NO/c1-5-7-8-9-10-11-16(19)18(20-6-2)14-12-17(3,4)13-15-18/h16H,5-15,19H2,1-4H3. The highest BCUT2D eigenvalue weighted by atomic mass is 16.5. The van der Waals surface area contributed by atoms with E-state index in [9.17, 15) is 0 Å². The number of nitrogens with two attached hydrogens (primary N) is 1. The van der Waals surface area contributed by atoms with Gasteiger partial charge in [-0.05, 0) is 44.4 Å². The second-order valence-electron chi connectivity index (χ2n) is 7.47. The molecular formula is C18H37NO. The minimum absolute atomic E-state index is 0.0327. The Morgan fingerprint density at radius 2 is 1.55 bits per heavy atom. The fourth-order valence-corrected chi connectivity index (χ4v) is 3.49. The molecule has 0 bridgehead atoms. The maximum absolute atomic E-state index is 6.55. The van der Waals surface area contributed by atoms with Crippen molar-refractivity contribution in [3.63, 3.8) is 0 Å². The lowest BCUT2D eigenvalue weighted by atomic mass is 9.68. The zero-order valence-electron chi connectivity index (χ0n) is 14.3. The maximum Gasteiger partial charge on any atom is 0.0832 e. The quantitative estimate of drug-likeness (QED) is 0.601. The van der Waals surface area contributed by atoms with Crippen molar-refractivity contribution in [3.05, 3.63) is 0 Å². The zero-order valence-corrected chi connectivity index (χ0v) is 14.3. The van der Waals surface area contributed by atoms with Gasteiger partial charge < -0.3 is 10.5 Å². The highest BCUT2D eigenvalue weighted by molar-refractivity contribution is 4.97. The Balaban J connectivity index is 2.44. The predicted molar refractivity (Wildman–Crippen MR) is 88.0 cm³/mol. The van der Waals surface area contributed by atoms with Gasteiger partial charge in [0.25, 0.3) is 0 Å². The van der Waals surface area contributed by atoms with Crippen molar-refractivity contribution in [2.45, 2.75) is 104 Å². The summed E-state index contributed by atoms with van der Waals surface area (Å²) in [5, 5.41) is 0. The Bertz CT molecular complexity index is 252. The molecule has 2 N–H and O–H groups in total. The van der Waals surface area contributed by atoms with Crippen molar-refractivity contribution in [2.75, 3.05) is 6.61 Å². The highest BCUT2D eigenvalue weighted by Crippen LogP contribution is 2.44. The van der Waals surface area contributed by atoms with Crippen LogP contribution in [0.4, 0.5) is 0 Å². The van der Waals surface area contributed by atoms with Gasteiger partial charge in [-0.15, -0.1) is 0 Å². The van der Waals surface area contributed by atoms with Crippen LogP contribution < -0.4 is 5.73 Å². The van der Waals surface area contributed by atoms with Crippen LogP contribution in [0, 0.1) is 5.41 Å². The van der Waals surface area contributed by atoms with Gasteiger partial charge in [-0.3, -0.25) is 0 Å². The molecule has 120 valence electrons. The lowest BCUT2D eigenvalue weighted by Crippen LogP contribution is -2.53. The predicted octanol–water partition coefficient (Wildman–Crippen LogP) is 5.05. The van der Waals surface area contributed by atoms with Gasteiger partial charge in [-0.25, -0.2) is 0 Å². The molecule has 0 aromatic carbocycles. The molecule has 0 radical (unpaired) electrons. The molecule has 0 aliphatic heterocycles. The first-order valence-electron chi connectivity index (χ1n) is 8.85. The van der Waals surface area contributed by atoms with Crippen LogP contribution >= 0.6 is 0 Å². The fraction of sp³-hybridized carbons (Fsp3) is 1.00. The number of hydrogen-bond donors (Lipinski definition) is 1. The SMILES string of the molecule is CCCCCCCC(N)C1(OCC)CCC(C)(C)CC1. The van der Waals surface area contributed by atoms with Crippen LogP contribution in [-0.4, -0.2) is 18.2 Å². The third-order valence-electron chi connectivity index (χ3n) is 5.18. The van der Waals surface area contributed by atoms with Crippen LogP contribution in [0.25, 0.3) is 0 Å². The molecule has 1 aliphatic rings. The summed E-state index contributed by atoms with van der Waals surface area (Å²) in [6, 6.07) is 0.222. The molecule has 1 fully saturated rings.